The molecule has 0 heterocycles. The Morgan fingerprint density at radius 2 is 0.769 bits per heavy atom. The van der Waals surface area contributed by atoms with E-state index in [-0.39, 0.29) is 25.1 Å². The molecule has 2 N–H and O–H groups in total. The van der Waals surface area contributed by atoms with E-state index in [1.807, 2.05) is 65.8 Å². The highest BCUT2D eigenvalue weighted by atomic mass is 28.4. The van der Waals surface area contributed by atoms with Gasteiger partial charge in [0.2, 0.25) is 13.6 Å². The van der Waals surface area contributed by atoms with Crippen LogP contribution in [0.4, 0.5) is 0 Å². The molecule has 0 aliphatic carbocycles. The van der Waals surface area contributed by atoms with Crippen molar-refractivity contribution in [2.24, 2.45) is 0 Å². The number of aromatic hydroxyl groups is 2. The third-order valence-electron chi connectivity index (χ3n) is 7.91. The van der Waals surface area contributed by atoms with Gasteiger partial charge in [0.25, 0.3) is 0 Å². The normalized spacial score (nSPS) is 11.8. The molecule has 52 heavy (non-hydrogen) atoms. The largest absolute Gasteiger partial charge is 0.504 e. The molecule has 0 aromatic heterocycles. The van der Waals surface area contributed by atoms with Crippen LogP contribution in [0.25, 0.3) is 0 Å². The van der Waals surface area contributed by atoms with Crippen molar-refractivity contribution in [2.75, 3.05) is 53.2 Å². The van der Waals surface area contributed by atoms with Gasteiger partial charge in [0.05, 0.1) is 0 Å². The fourth-order valence-electron chi connectivity index (χ4n) is 5.72. The van der Waals surface area contributed by atoms with Crippen molar-refractivity contribution in [3.8, 4) is 34.5 Å². The predicted molar refractivity (Wildman–Crippen MR) is 202 cm³/mol. The molecule has 0 saturated carbocycles. The molecule has 0 fully saturated rings. The Balaban J connectivity index is 1.45. The highest BCUT2D eigenvalue weighted by Gasteiger charge is 2.40. The second-order valence-corrected chi connectivity index (χ2v) is 16.9. The van der Waals surface area contributed by atoms with E-state index in [0.29, 0.717) is 87.6 Å². The Bertz CT molecular complexity index is 1290. The molecular weight excluding hydrogens is 705 g/mol. The molecule has 12 nitrogen and oxygen atoms in total. The van der Waals surface area contributed by atoms with E-state index in [9.17, 15) is 10.2 Å². The number of para-hydroxylation sites is 2. The minimum Gasteiger partial charge on any atom is -0.504 e. The van der Waals surface area contributed by atoms with E-state index >= 15 is 0 Å². The van der Waals surface area contributed by atoms with Gasteiger partial charge in [-0.15, -0.1) is 0 Å². The molecule has 0 radical (unpaired) electrons. The molecule has 3 rings (SSSR count). The van der Waals surface area contributed by atoms with Crippen molar-refractivity contribution < 1.29 is 55.7 Å². The zero-order valence-corrected chi connectivity index (χ0v) is 33.6. The highest BCUT2D eigenvalue weighted by molar-refractivity contribution is 6.61. The molecule has 0 bridgehead atoms. The topological polar surface area (TPSA) is 133 Å². The summed E-state index contributed by atoms with van der Waals surface area (Å²) in [6, 6.07) is 19.1. The summed E-state index contributed by atoms with van der Waals surface area (Å²) in [5.41, 5.74) is 1.53. The lowest BCUT2D eigenvalue weighted by molar-refractivity contribution is 0.0700. The maximum atomic E-state index is 10.9. The maximum absolute atomic E-state index is 10.9. The minimum absolute atomic E-state index is 0.0799. The first-order chi connectivity index (χ1) is 25.3. The van der Waals surface area contributed by atoms with Crippen LogP contribution in [0.3, 0.4) is 0 Å². The third-order valence-corrected chi connectivity index (χ3v) is 14.2. The van der Waals surface area contributed by atoms with Gasteiger partial charge in [0, 0.05) is 51.7 Å². The van der Waals surface area contributed by atoms with Crippen LogP contribution in [0.1, 0.15) is 65.5 Å². The maximum Gasteiger partial charge on any atom is 0.500 e. The molecule has 0 atom stereocenters. The molecule has 0 aliphatic rings. The zero-order valence-electron chi connectivity index (χ0n) is 31.6. The van der Waals surface area contributed by atoms with Gasteiger partial charge < -0.3 is 55.7 Å². The van der Waals surface area contributed by atoms with E-state index in [2.05, 4.69) is 0 Å². The summed E-state index contributed by atoms with van der Waals surface area (Å²) in [4.78, 5) is 0. The number of hydrogen-bond acceptors (Lipinski definition) is 12. The van der Waals surface area contributed by atoms with Gasteiger partial charge in [-0.05, 0) is 115 Å². The third kappa shape index (κ3) is 13.6. The van der Waals surface area contributed by atoms with Crippen LogP contribution in [0.15, 0.2) is 60.7 Å². The number of ether oxygens (including phenoxy) is 4. The van der Waals surface area contributed by atoms with E-state index in [1.54, 1.807) is 36.4 Å². The molecule has 0 aliphatic heterocycles. The second-order valence-electron chi connectivity index (χ2n) is 11.5. The first-order valence-electron chi connectivity index (χ1n) is 18.3. The van der Waals surface area contributed by atoms with Gasteiger partial charge in [-0.25, -0.2) is 0 Å². The summed E-state index contributed by atoms with van der Waals surface area (Å²) < 4.78 is 58.7. The minimum atomic E-state index is -2.75. The van der Waals surface area contributed by atoms with Crippen molar-refractivity contribution in [1.82, 2.24) is 0 Å². The molecule has 0 spiro atoms. The fraction of sp³-hybridized carbons (Fsp3) is 0.526. The van der Waals surface area contributed by atoms with E-state index in [0.717, 1.165) is 24.0 Å². The van der Waals surface area contributed by atoms with Crippen molar-refractivity contribution in [3.63, 3.8) is 0 Å². The van der Waals surface area contributed by atoms with Gasteiger partial charge in [-0.3, -0.25) is 0 Å². The molecule has 0 unspecified atom stereocenters. The lowest BCUT2D eigenvalue weighted by Crippen LogP contribution is -2.46. The van der Waals surface area contributed by atoms with Crippen LogP contribution in [0.2, 0.25) is 12.1 Å². The Morgan fingerprint density at radius 3 is 1.08 bits per heavy atom. The van der Waals surface area contributed by atoms with E-state index in [1.165, 1.54) is 0 Å². The Labute approximate surface area is 311 Å². The van der Waals surface area contributed by atoms with Crippen LogP contribution in [0.5, 0.6) is 34.5 Å². The summed E-state index contributed by atoms with van der Waals surface area (Å²) in [5.74, 6) is 1.95. The Kier molecular flexibility index (Phi) is 19.3. The van der Waals surface area contributed by atoms with Crippen molar-refractivity contribution in [1.29, 1.82) is 0 Å². The lowest BCUT2D eigenvalue weighted by atomic mass is 10.1. The summed E-state index contributed by atoms with van der Waals surface area (Å²) >= 11 is 0. The van der Waals surface area contributed by atoms with Crippen molar-refractivity contribution in [2.45, 2.75) is 79.3 Å². The van der Waals surface area contributed by atoms with Gasteiger partial charge in [-0.1, -0.05) is 24.3 Å². The SMILES string of the molecule is CCO[Si](CCCc1cccc(OCOc2ccc(OCOc3cccc(CCC[Si](OCC)(OCC)OCC)c3O)cc2)c1O)(OCC)OCC. The molecule has 290 valence electrons. The van der Waals surface area contributed by atoms with Crippen LogP contribution >= 0.6 is 0 Å². The number of rotatable bonds is 28. The Morgan fingerprint density at radius 1 is 0.442 bits per heavy atom. The average molecular weight is 763 g/mol. The second kappa shape index (κ2) is 23.3. The average Bonchev–Trinajstić information content (AvgIpc) is 3.12. The van der Waals surface area contributed by atoms with Crippen LogP contribution in [-0.4, -0.2) is 81.0 Å². The summed E-state index contributed by atoms with van der Waals surface area (Å²) in [6.45, 7) is 14.6. The van der Waals surface area contributed by atoms with Crippen molar-refractivity contribution >= 4 is 17.6 Å². The van der Waals surface area contributed by atoms with Gasteiger partial charge in [-0.2, -0.15) is 0 Å². The molecule has 0 amide bonds. The first-order valence-corrected chi connectivity index (χ1v) is 22.2. The summed E-state index contributed by atoms with van der Waals surface area (Å²) in [6.07, 6.45) is 2.69. The number of hydrogen-bond donors (Lipinski definition) is 2. The molecule has 14 heteroatoms. The molecule has 0 saturated heterocycles. The zero-order chi connectivity index (χ0) is 37.7. The smallest absolute Gasteiger partial charge is 0.500 e. The molecule has 3 aromatic rings. The molecular formula is C38H58O12Si2. The summed E-state index contributed by atoms with van der Waals surface area (Å²) in [5, 5.41) is 21.7. The molecule has 3 aromatic carbocycles. The summed E-state index contributed by atoms with van der Waals surface area (Å²) in [7, 11) is -5.51. The van der Waals surface area contributed by atoms with E-state index < -0.39 is 17.6 Å². The quantitative estimate of drug-likeness (QED) is 0.0551. The fourth-order valence-corrected chi connectivity index (χ4v) is 10.9. The first kappa shape index (κ1) is 43.1. The number of phenols is 2. The lowest BCUT2D eigenvalue weighted by Gasteiger charge is -2.28. The van der Waals surface area contributed by atoms with Gasteiger partial charge in [0.1, 0.15) is 11.5 Å². The number of benzene rings is 3. The van der Waals surface area contributed by atoms with Crippen LogP contribution in [-0.2, 0) is 39.4 Å². The highest BCUT2D eigenvalue weighted by Crippen LogP contribution is 2.33. The van der Waals surface area contributed by atoms with Crippen LogP contribution < -0.4 is 18.9 Å². The number of phenolic OH excluding ortho intramolecular Hbond substituents is 2. The van der Waals surface area contributed by atoms with Gasteiger partial charge >= 0.3 is 17.6 Å². The predicted octanol–water partition coefficient (Wildman–Crippen LogP) is 7.89. The van der Waals surface area contributed by atoms with Crippen LogP contribution in [0, 0.1) is 0 Å². The van der Waals surface area contributed by atoms with Crippen molar-refractivity contribution in [3.05, 3.63) is 71.8 Å². The Hall–Kier alpha value is -3.35. The number of aryl methyl sites for hydroxylation is 2. The van der Waals surface area contributed by atoms with Gasteiger partial charge in [0.15, 0.2) is 23.0 Å². The van der Waals surface area contributed by atoms with E-state index in [4.69, 9.17) is 45.5 Å². The standard InChI is InChI=1S/C38H58O12Si2/c1-7-45-51(46-8-2,47-9-3)27-15-19-31-17-13-21-35(37(31)39)43-29-41-33-23-25-34(26-24-33)42-30-44-36-22-14-18-32(38(36)40)20-16-28-52(48-10-4,49-11-5)50-12-6/h13-14,17-18,21-26,39-40H,7-12,15-16,19-20,27-30H2,1-6H3. The monoisotopic (exact) mass is 762 g/mol.